The van der Waals surface area contributed by atoms with Crippen molar-refractivity contribution < 1.29 is 14.3 Å². The number of anilines is 1. The number of halogens is 1. The molecule has 3 rings (SSSR count). The van der Waals surface area contributed by atoms with Crippen LogP contribution in [-0.4, -0.2) is 26.2 Å². The molecular weight excluding hydrogens is 364 g/mol. The lowest BCUT2D eigenvalue weighted by atomic mass is 9.87. The number of amides is 1. The van der Waals surface area contributed by atoms with Crippen molar-refractivity contribution in [3.05, 3.63) is 59.2 Å². The van der Waals surface area contributed by atoms with Crippen molar-refractivity contribution in [2.45, 2.75) is 31.7 Å². The zero-order valence-corrected chi connectivity index (χ0v) is 16.4. The standard InChI is InChI=1S/C21H26N2O3.ClH/c1-25-11-4-12-26-18-7-2-6-16(14-18)21(24)23-20-8-3-5-15-13-17(22)9-10-19(15)20;/h2,6-7,9-10,13-14,20H,3-5,8,11-12,22H2,1H3,(H,23,24);1H. The van der Waals surface area contributed by atoms with Crippen molar-refractivity contribution in [1.29, 1.82) is 0 Å². The molecule has 0 saturated carbocycles. The number of ether oxygens (including phenoxy) is 2. The minimum absolute atomic E-state index is 0. The van der Waals surface area contributed by atoms with Gasteiger partial charge in [-0.1, -0.05) is 12.1 Å². The van der Waals surface area contributed by atoms with Crippen molar-refractivity contribution in [3.8, 4) is 5.75 Å². The number of nitrogens with two attached hydrogens (primary N) is 1. The molecule has 0 aliphatic heterocycles. The van der Waals surface area contributed by atoms with E-state index in [1.165, 1.54) is 11.1 Å². The molecule has 1 amide bonds. The number of carbonyl (C=O) groups excluding carboxylic acids is 1. The molecule has 1 unspecified atom stereocenters. The van der Waals surface area contributed by atoms with Crippen LogP contribution in [0.4, 0.5) is 5.69 Å². The number of fused-ring (bicyclic) bond motifs is 1. The second-order valence-corrected chi connectivity index (χ2v) is 6.60. The average Bonchev–Trinajstić information content (AvgIpc) is 2.65. The molecular formula is C21H27ClN2O3. The van der Waals surface area contributed by atoms with Crippen LogP contribution in [0.5, 0.6) is 5.75 Å². The van der Waals surface area contributed by atoms with Crippen LogP contribution >= 0.6 is 12.4 Å². The number of hydrogen-bond acceptors (Lipinski definition) is 4. The van der Waals surface area contributed by atoms with Crippen LogP contribution in [0.1, 0.15) is 46.8 Å². The van der Waals surface area contributed by atoms with Crippen LogP contribution in [0.25, 0.3) is 0 Å². The van der Waals surface area contributed by atoms with Crippen molar-refractivity contribution >= 4 is 24.0 Å². The fraction of sp³-hybridized carbons (Fsp3) is 0.381. The number of carbonyl (C=O) groups is 1. The summed E-state index contributed by atoms with van der Waals surface area (Å²) >= 11 is 0. The van der Waals surface area contributed by atoms with E-state index in [2.05, 4.69) is 5.32 Å². The summed E-state index contributed by atoms with van der Waals surface area (Å²) in [4.78, 5) is 12.7. The van der Waals surface area contributed by atoms with Crippen LogP contribution < -0.4 is 15.8 Å². The summed E-state index contributed by atoms with van der Waals surface area (Å²) in [6.45, 7) is 1.22. The number of aryl methyl sites for hydroxylation is 1. The van der Waals surface area contributed by atoms with Gasteiger partial charge in [-0.25, -0.2) is 0 Å². The topological polar surface area (TPSA) is 73.6 Å². The lowest BCUT2D eigenvalue weighted by Gasteiger charge is -2.26. The number of methoxy groups -OCH3 is 1. The molecule has 6 heteroatoms. The lowest BCUT2D eigenvalue weighted by molar-refractivity contribution is 0.0932. The van der Waals surface area contributed by atoms with E-state index in [-0.39, 0.29) is 24.4 Å². The molecule has 2 aromatic rings. The van der Waals surface area contributed by atoms with Crippen LogP contribution in [0, 0.1) is 0 Å². The molecule has 0 aromatic heterocycles. The summed E-state index contributed by atoms with van der Waals surface area (Å²) in [6.07, 6.45) is 3.81. The fourth-order valence-corrected chi connectivity index (χ4v) is 3.35. The first-order valence-corrected chi connectivity index (χ1v) is 9.08. The van der Waals surface area contributed by atoms with Gasteiger partial charge in [-0.15, -0.1) is 12.4 Å². The number of hydrogen-bond donors (Lipinski definition) is 2. The van der Waals surface area contributed by atoms with Crippen LogP contribution in [0.3, 0.4) is 0 Å². The summed E-state index contributed by atoms with van der Waals surface area (Å²) in [6, 6.07) is 13.3. The Labute approximate surface area is 166 Å². The highest BCUT2D eigenvalue weighted by molar-refractivity contribution is 5.94. The molecule has 0 bridgehead atoms. The highest BCUT2D eigenvalue weighted by Gasteiger charge is 2.22. The molecule has 1 aliphatic rings. The summed E-state index contributed by atoms with van der Waals surface area (Å²) in [5.41, 5.74) is 9.67. The molecule has 27 heavy (non-hydrogen) atoms. The SMILES string of the molecule is COCCCOc1cccc(C(=O)NC2CCCc3cc(N)ccc32)c1.Cl. The van der Waals surface area contributed by atoms with E-state index in [0.717, 1.165) is 31.4 Å². The largest absolute Gasteiger partial charge is 0.493 e. The van der Waals surface area contributed by atoms with Gasteiger partial charge in [0, 0.05) is 31.4 Å². The summed E-state index contributed by atoms with van der Waals surface area (Å²) in [7, 11) is 1.67. The summed E-state index contributed by atoms with van der Waals surface area (Å²) < 4.78 is 10.7. The van der Waals surface area contributed by atoms with E-state index < -0.39 is 0 Å². The first-order chi connectivity index (χ1) is 12.7. The van der Waals surface area contributed by atoms with Crippen molar-refractivity contribution in [3.63, 3.8) is 0 Å². The second kappa shape index (κ2) is 10.2. The maximum absolute atomic E-state index is 12.7. The van der Waals surface area contributed by atoms with E-state index in [1.54, 1.807) is 13.2 Å². The fourth-order valence-electron chi connectivity index (χ4n) is 3.35. The lowest BCUT2D eigenvalue weighted by Crippen LogP contribution is -2.31. The second-order valence-electron chi connectivity index (χ2n) is 6.60. The van der Waals surface area contributed by atoms with Gasteiger partial charge in [-0.2, -0.15) is 0 Å². The third-order valence-electron chi connectivity index (χ3n) is 4.64. The van der Waals surface area contributed by atoms with E-state index in [4.69, 9.17) is 15.2 Å². The predicted molar refractivity (Wildman–Crippen MR) is 110 cm³/mol. The average molecular weight is 391 g/mol. The maximum Gasteiger partial charge on any atom is 0.251 e. The molecule has 0 heterocycles. The van der Waals surface area contributed by atoms with Gasteiger partial charge < -0.3 is 20.5 Å². The minimum atomic E-state index is -0.0815. The Morgan fingerprint density at radius 2 is 2.07 bits per heavy atom. The highest BCUT2D eigenvalue weighted by atomic mass is 35.5. The van der Waals surface area contributed by atoms with Crippen LogP contribution in [0.2, 0.25) is 0 Å². The smallest absolute Gasteiger partial charge is 0.251 e. The maximum atomic E-state index is 12.7. The zero-order valence-electron chi connectivity index (χ0n) is 15.6. The van der Waals surface area contributed by atoms with Crippen LogP contribution in [-0.2, 0) is 11.2 Å². The molecule has 0 radical (unpaired) electrons. The zero-order chi connectivity index (χ0) is 18.4. The Morgan fingerprint density at radius 1 is 1.22 bits per heavy atom. The number of rotatable bonds is 7. The molecule has 146 valence electrons. The van der Waals surface area contributed by atoms with Gasteiger partial charge in [0.15, 0.2) is 0 Å². The van der Waals surface area contributed by atoms with Gasteiger partial charge in [0.2, 0.25) is 0 Å². The van der Waals surface area contributed by atoms with E-state index in [1.807, 2.05) is 36.4 Å². The van der Waals surface area contributed by atoms with Gasteiger partial charge >= 0.3 is 0 Å². The Bertz CT molecular complexity index is 767. The van der Waals surface area contributed by atoms with Gasteiger partial charge in [-0.3, -0.25) is 4.79 Å². The Hall–Kier alpha value is -2.24. The predicted octanol–water partition coefficient (Wildman–Crippen LogP) is 3.91. The van der Waals surface area contributed by atoms with Gasteiger partial charge in [-0.05, 0) is 60.7 Å². The highest BCUT2D eigenvalue weighted by Crippen LogP contribution is 2.31. The molecule has 0 spiro atoms. The quantitative estimate of drug-likeness (QED) is 0.555. The molecule has 3 N–H and O–H groups in total. The Morgan fingerprint density at radius 3 is 2.89 bits per heavy atom. The molecule has 1 aliphatic carbocycles. The molecule has 0 fully saturated rings. The first-order valence-electron chi connectivity index (χ1n) is 9.08. The van der Waals surface area contributed by atoms with Gasteiger partial charge in [0.1, 0.15) is 5.75 Å². The first kappa shape index (κ1) is 21.1. The molecule has 1 atom stereocenters. The van der Waals surface area contributed by atoms with E-state index in [9.17, 15) is 4.79 Å². The van der Waals surface area contributed by atoms with E-state index >= 15 is 0 Å². The summed E-state index contributed by atoms with van der Waals surface area (Å²) in [5, 5.41) is 3.16. The third kappa shape index (κ3) is 5.62. The minimum Gasteiger partial charge on any atom is -0.493 e. The van der Waals surface area contributed by atoms with Gasteiger partial charge in [0.05, 0.1) is 12.6 Å². The Balaban J connectivity index is 0.00000261. The molecule has 2 aromatic carbocycles. The van der Waals surface area contributed by atoms with Crippen molar-refractivity contribution in [1.82, 2.24) is 5.32 Å². The molecule has 5 nitrogen and oxygen atoms in total. The molecule has 0 saturated heterocycles. The van der Waals surface area contributed by atoms with E-state index in [0.29, 0.717) is 24.5 Å². The number of nitrogen functional groups attached to an aromatic ring is 1. The van der Waals surface area contributed by atoms with Crippen LogP contribution in [0.15, 0.2) is 42.5 Å². The monoisotopic (exact) mass is 390 g/mol. The normalized spacial score (nSPS) is 15.4. The van der Waals surface area contributed by atoms with Crippen molar-refractivity contribution in [2.24, 2.45) is 0 Å². The van der Waals surface area contributed by atoms with Gasteiger partial charge in [0.25, 0.3) is 5.91 Å². The third-order valence-corrected chi connectivity index (χ3v) is 4.64. The Kier molecular flexibility index (Phi) is 7.95. The van der Waals surface area contributed by atoms with Crippen molar-refractivity contribution in [2.75, 3.05) is 26.1 Å². The summed E-state index contributed by atoms with van der Waals surface area (Å²) in [5.74, 6) is 0.618. The number of nitrogens with one attached hydrogen (secondary N) is 1. The number of benzene rings is 2.